The molecule has 0 radical (unpaired) electrons. The summed E-state index contributed by atoms with van der Waals surface area (Å²) in [7, 11) is 2.33. The number of fused-ring (bicyclic) bond motifs is 2. The maximum atomic E-state index is 3.45. The maximum Gasteiger partial charge on any atom is 0.0126 e. The summed E-state index contributed by atoms with van der Waals surface area (Å²) in [6.45, 7) is 4.94. The molecule has 3 fully saturated rings. The first-order valence-corrected chi connectivity index (χ1v) is 6.51. The normalized spacial score (nSPS) is 43.4. The first kappa shape index (κ1) is 10.1. The highest BCUT2D eigenvalue weighted by Gasteiger charge is 2.40. The van der Waals surface area contributed by atoms with Crippen LogP contribution in [0.3, 0.4) is 0 Å². The average molecular weight is 209 g/mol. The van der Waals surface area contributed by atoms with Crippen molar-refractivity contribution in [3.63, 3.8) is 0 Å². The van der Waals surface area contributed by atoms with E-state index in [1.54, 1.807) is 0 Å². The van der Waals surface area contributed by atoms with Crippen LogP contribution in [-0.4, -0.2) is 61.2 Å². The number of nitrogens with zero attached hydrogens (tertiary/aromatic N) is 2. The Morgan fingerprint density at radius 1 is 0.933 bits per heavy atom. The molecule has 0 aliphatic carbocycles. The molecule has 3 heterocycles. The van der Waals surface area contributed by atoms with Crippen molar-refractivity contribution in [2.45, 2.75) is 43.8 Å². The summed E-state index contributed by atoms with van der Waals surface area (Å²) in [5.41, 5.74) is 0. The Kier molecular flexibility index (Phi) is 2.71. The van der Waals surface area contributed by atoms with Crippen LogP contribution in [0.1, 0.15) is 25.7 Å². The van der Waals surface area contributed by atoms with Gasteiger partial charge >= 0.3 is 0 Å². The minimum absolute atomic E-state index is 0.890. The van der Waals surface area contributed by atoms with E-state index in [4.69, 9.17) is 0 Å². The van der Waals surface area contributed by atoms with Crippen molar-refractivity contribution in [2.75, 3.05) is 33.2 Å². The minimum Gasteiger partial charge on any atom is -0.314 e. The van der Waals surface area contributed by atoms with Gasteiger partial charge in [0.25, 0.3) is 0 Å². The summed E-state index contributed by atoms with van der Waals surface area (Å²) in [6.07, 6.45) is 5.74. The number of piperidine rings is 1. The Bertz CT molecular complexity index is 211. The van der Waals surface area contributed by atoms with Gasteiger partial charge in [-0.05, 0) is 32.7 Å². The molecule has 0 aromatic rings. The number of hydrogen-bond acceptors (Lipinski definition) is 3. The second-order valence-electron chi connectivity index (χ2n) is 5.46. The fraction of sp³-hybridized carbons (Fsp3) is 1.00. The Hall–Kier alpha value is -0.120. The smallest absolute Gasteiger partial charge is 0.0126 e. The summed E-state index contributed by atoms with van der Waals surface area (Å²) in [5.74, 6) is 0. The highest BCUT2D eigenvalue weighted by atomic mass is 15.3. The molecule has 3 nitrogen and oxygen atoms in total. The van der Waals surface area contributed by atoms with Crippen molar-refractivity contribution in [2.24, 2.45) is 0 Å². The van der Waals surface area contributed by atoms with Crippen LogP contribution >= 0.6 is 0 Å². The van der Waals surface area contributed by atoms with E-state index in [0.29, 0.717) is 0 Å². The van der Waals surface area contributed by atoms with Crippen LogP contribution in [0.15, 0.2) is 0 Å². The van der Waals surface area contributed by atoms with Gasteiger partial charge in [0.15, 0.2) is 0 Å². The lowest BCUT2D eigenvalue weighted by Gasteiger charge is -2.43. The van der Waals surface area contributed by atoms with Crippen LogP contribution in [0.5, 0.6) is 0 Å². The van der Waals surface area contributed by atoms with E-state index in [0.717, 1.165) is 18.1 Å². The predicted octanol–water partition coefficient (Wildman–Crippen LogP) is 0.517. The van der Waals surface area contributed by atoms with Gasteiger partial charge in [-0.15, -0.1) is 0 Å². The van der Waals surface area contributed by atoms with Gasteiger partial charge in [-0.3, -0.25) is 4.90 Å². The van der Waals surface area contributed by atoms with Crippen LogP contribution in [0.4, 0.5) is 0 Å². The molecule has 0 aromatic heterocycles. The summed E-state index contributed by atoms with van der Waals surface area (Å²) >= 11 is 0. The fourth-order valence-electron chi connectivity index (χ4n) is 3.73. The van der Waals surface area contributed by atoms with Gasteiger partial charge in [0, 0.05) is 44.3 Å². The average Bonchev–Trinajstić information content (AvgIpc) is 2.54. The van der Waals surface area contributed by atoms with E-state index in [2.05, 4.69) is 22.2 Å². The van der Waals surface area contributed by atoms with Crippen molar-refractivity contribution in [3.05, 3.63) is 0 Å². The van der Waals surface area contributed by atoms with Crippen LogP contribution < -0.4 is 5.32 Å². The first-order chi connectivity index (χ1) is 7.34. The van der Waals surface area contributed by atoms with Crippen molar-refractivity contribution < 1.29 is 0 Å². The molecule has 3 saturated heterocycles. The number of hydrogen-bond donors (Lipinski definition) is 1. The topological polar surface area (TPSA) is 18.5 Å². The monoisotopic (exact) mass is 209 g/mol. The predicted molar refractivity (Wildman–Crippen MR) is 62.0 cm³/mol. The van der Waals surface area contributed by atoms with E-state index >= 15 is 0 Å². The highest BCUT2D eigenvalue weighted by Crippen LogP contribution is 2.36. The zero-order valence-electron chi connectivity index (χ0n) is 9.78. The second kappa shape index (κ2) is 4.04. The first-order valence-electron chi connectivity index (χ1n) is 6.51. The quantitative estimate of drug-likeness (QED) is 0.679. The molecule has 2 bridgehead atoms. The lowest BCUT2D eigenvalue weighted by atomic mass is 9.96. The molecule has 3 heteroatoms. The van der Waals surface area contributed by atoms with Crippen molar-refractivity contribution in [1.82, 2.24) is 15.1 Å². The lowest BCUT2D eigenvalue weighted by Crippen LogP contribution is -2.54. The lowest BCUT2D eigenvalue weighted by molar-refractivity contribution is 0.0680. The Labute approximate surface area is 92.8 Å². The molecule has 86 valence electrons. The number of rotatable bonds is 1. The molecular weight excluding hydrogens is 186 g/mol. The third-order valence-electron chi connectivity index (χ3n) is 4.74. The van der Waals surface area contributed by atoms with Gasteiger partial charge in [-0.2, -0.15) is 0 Å². The Balaban J connectivity index is 1.64. The van der Waals surface area contributed by atoms with Gasteiger partial charge < -0.3 is 10.2 Å². The molecule has 3 aliphatic heterocycles. The van der Waals surface area contributed by atoms with Gasteiger partial charge in [-0.1, -0.05) is 0 Å². The summed E-state index contributed by atoms with van der Waals surface area (Å²) in [5, 5.41) is 3.45. The van der Waals surface area contributed by atoms with Gasteiger partial charge in [-0.25, -0.2) is 0 Å². The maximum absolute atomic E-state index is 3.45. The third kappa shape index (κ3) is 1.81. The third-order valence-corrected chi connectivity index (χ3v) is 4.74. The van der Waals surface area contributed by atoms with E-state index in [9.17, 15) is 0 Å². The van der Waals surface area contributed by atoms with E-state index in [-0.39, 0.29) is 0 Å². The molecule has 3 atom stereocenters. The molecule has 1 N–H and O–H groups in total. The fourth-order valence-corrected chi connectivity index (χ4v) is 3.73. The molecular formula is C12H23N3. The number of piperazine rings is 1. The van der Waals surface area contributed by atoms with E-state index in [1.165, 1.54) is 51.9 Å². The number of nitrogens with one attached hydrogen (secondary N) is 1. The summed E-state index contributed by atoms with van der Waals surface area (Å²) < 4.78 is 0. The standard InChI is InChI=1S/C12H23N3/c1-14-10-2-3-11(14)9-12(8-10)15-6-4-13-5-7-15/h10-13H,2-9H2,1H3/t10-,11+,12-. The van der Waals surface area contributed by atoms with Crippen LogP contribution in [0.2, 0.25) is 0 Å². The van der Waals surface area contributed by atoms with Crippen molar-refractivity contribution in [1.29, 1.82) is 0 Å². The molecule has 0 spiro atoms. The van der Waals surface area contributed by atoms with E-state index in [1.807, 2.05) is 0 Å². The van der Waals surface area contributed by atoms with Crippen LogP contribution in [0.25, 0.3) is 0 Å². The minimum atomic E-state index is 0.890. The second-order valence-corrected chi connectivity index (χ2v) is 5.46. The Morgan fingerprint density at radius 3 is 2.13 bits per heavy atom. The molecule has 0 amide bonds. The van der Waals surface area contributed by atoms with Gasteiger partial charge in [0.1, 0.15) is 0 Å². The molecule has 0 unspecified atom stereocenters. The molecule has 3 aliphatic rings. The van der Waals surface area contributed by atoms with Crippen LogP contribution in [0, 0.1) is 0 Å². The largest absolute Gasteiger partial charge is 0.314 e. The van der Waals surface area contributed by atoms with Crippen molar-refractivity contribution >= 4 is 0 Å². The molecule has 0 aromatic carbocycles. The SMILES string of the molecule is CN1[C@@H]2CC[C@H]1C[C@H](N1CCNCC1)C2. The van der Waals surface area contributed by atoms with Crippen LogP contribution in [-0.2, 0) is 0 Å². The van der Waals surface area contributed by atoms with E-state index < -0.39 is 0 Å². The molecule has 15 heavy (non-hydrogen) atoms. The zero-order chi connectivity index (χ0) is 10.3. The summed E-state index contributed by atoms with van der Waals surface area (Å²) in [4.78, 5) is 5.37. The molecule has 0 saturated carbocycles. The van der Waals surface area contributed by atoms with Crippen molar-refractivity contribution in [3.8, 4) is 0 Å². The Morgan fingerprint density at radius 2 is 1.53 bits per heavy atom. The van der Waals surface area contributed by atoms with Gasteiger partial charge in [0.05, 0.1) is 0 Å². The molecule has 3 rings (SSSR count). The van der Waals surface area contributed by atoms with Gasteiger partial charge in [0.2, 0.25) is 0 Å². The zero-order valence-corrected chi connectivity index (χ0v) is 9.78. The summed E-state index contributed by atoms with van der Waals surface area (Å²) in [6, 6.07) is 2.67. The highest BCUT2D eigenvalue weighted by molar-refractivity contribution is 4.97.